The van der Waals surface area contributed by atoms with Crippen molar-refractivity contribution in [3.05, 3.63) is 0 Å². The van der Waals surface area contributed by atoms with Crippen molar-refractivity contribution in [2.24, 2.45) is 0 Å². The first kappa shape index (κ1) is 16.3. The lowest BCUT2D eigenvalue weighted by atomic mass is 9.92. The molecule has 0 bridgehead atoms. The molecule has 7 nitrogen and oxygen atoms in total. The minimum absolute atomic E-state index is 0.286. The lowest BCUT2D eigenvalue weighted by Crippen LogP contribution is -2.58. The van der Waals surface area contributed by atoms with Crippen LogP contribution in [0.15, 0.2) is 0 Å². The smallest absolute Gasteiger partial charge is 0.305 e. The van der Waals surface area contributed by atoms with Crippen LogP contribution in [0, 0.1) is 0 Å². The Kier molecular flexibility index (Phi) is 6.67. The Morgan fingerprint density at radius 2 is 1.74 bits per heavy atom. The third kappa shape index (κ3) is 4.39. The molecule has 0 aromatic rings. The molecule has 0 spiro atoms. The van der Waals surface area contributed by atoms with Gasteiger partial charge in [0.05, 0.1) is 19.8 Å². The van der Waals surface area contributed by atoms with Gasteiger partial charge in [0.2, 0.25) is 0 Å². The van der Waals surface area contributed by atoms with Crippen molar-refractivity contribution >= 4 is 5.97 Å². The molecule has 5 unspecified atom stereocenters. The van der Waals surface area contributed by atoms with Crippen LogP contribution in [0.1, 0.15) is 25.7 Å². The number of hydrogen-bond acceptors (Lipinski definition) is 7. The van der Waals surface area contributed by atoms with E-state index in [4.69, 9.17) is 9.84 Å². The van der Waals surface area contributed by atoms with E-state index in [1.54, 1.807) is 0 Å². The number of unbranched alkanes of at least 4 members (excludes halogenated alkanes) is 1. The molecule has 1 rings (SSSR count). The van der Waals surface area contributed by atoms with E-state index < -0.39 is 37.1 Å². The first-order valence-electron chi connectivity index (χ1n) is 6.38. The van der Waals surface area contributed by atoms with Crippen LogP contribution in [0.25, 0.3) is 0 Å². The molecule has 0 amide bonds. The molecule has 4 N–H and O–H groups in total. The molecule has 7 heteroatoms. The van der Waals surface area contributed by atoms with Crippen molar-refractivity contribution in [1.29, 1.82) is 0 Å². The average molecular weight is 278 g/mol. The van der Waals surface area contributed by atoms with Crippen molar-refractivity contribution in [2.45, 2.75) is 56.2 Å². The number of rotatable bonds is 6. The number of aliphatic hydroxyl groups excluding tert-OH is 4. The molecule has 1 heterocycles. The minimum Gasteiger partial charge on any atom is -0.469 e. The maximum absolute atomic E-state index is 10.9. The van der Waals surface area contributed by atoms with Gasteiger partial charge in [0.1, 0.15) is 24.4 Å². The molecule has 0 radical (unpaired) electrons. The summed E-state index contributed by atoms with van der Waals surface area (Å²) in [6, 6.07) is 0. The molecule has 112 valence electrons. The van der Waals surface area contributed by atoms with Gasteiger partial charge >= 0.3 is 5.97 Å². The Morgan fingerprint density at radius 3 is 2.32 bits per heavy atom. The Balaban J connectivity index is 2.37. The van der Waals surface area contributed by atoms with E-state index in [1.807, 2.05) is 0 Å². The van der Waals surface area contributed by atoms with Gasteiger partial charge in [0.25, 0.3) is 0 Å². The third-order valence-corrected chi connectivity index (χ3v) is 3.34. The summed E-state index contributed by atoms with van der Waals surface area (Å²) in [5, 5.41) is 38.0. The third-order valence-electron chi connectivity index (χ3n) is 3.34. The first-order valence-corrected chi connectivity index (χ1v) is 6.38. The number of esters is 1. The lowest BCUT2D eigenvalue weighted by Gasteiger charge is -2.40. The zero-order valence-electron chi connectivity index (χ0n) is 10.9. The molecule has 19 heavy (non-hydrogen) atoms. The van der Waals surface area contributed by atoms with Crippen molar-refractivity contribution in [1.82, 2.24) is 0 Å². The van der Waals surface area contributed by atoms with Crippen molar-refractivity contribution in [3.8, 4) is 0 Å². The van der Waals surface area contributed by atoms with Crippen LogP contribution in [-0.2, 0) is 14.3 Å². The quantitative estimate of drug-likeness (QED) is 0.347. The van der Waals surface area contributed by atoms with Crippen molar-refractivity contribution < 1.29 is 34.7 Å². The molecular formula is C12H22O7. The first-order chi connectivity index (χ1) is 9.01. The van der Waals surface area contributed by atoms with E-state index >= 15 is 0 Å². The summed E-state index contributed by atoms with van der Waals surface area (Å²) in [5.74, 6) is -0.297. The van der Waals surface area contributed by atoms with Crippen molar-refractivity contribution in [2.75, 3.05) is 13.7 Å². The van der Waals surface area contributed by atoms with Gasteiger partial charge in [-0.05, 0) is 12.8 Å². The van der Waals surface area contributed by atoms with Gasteiger partial charge in [-0.15, -0.1) is 0 Å². The normalized spacial score (nSPS) is 35.1. The number of aliphatic hydroxyl groups is 4. The van der Waals surface area contributed by atoms with Gasteiger partial charge in [-0.25, -0.2) is 0 Å². The predicted molar refractivity (Wildman–Crippen MR) is 64.3 cm³/mol. The Hall–Kier alpha value is -0.730. The second-order valence-electron chi connectivity index (χ2n) is 4.69. The second kappa shape index (κ2) is 7.76. The predicted octanol–water partition coefficient (Wildman–Crippen LogP) is -1.44. The lowest BCUT2D eigenvalue weighted by molar-refractivity contribution is -0.230. The maximum atomic E-state index is 10.9. The topological polar surface area (TPSA) is 116 Å². The van der Waals surface area contributed by atoms with Crippen LogP contribution in [0.4, 0.5) is 0 Å². The molecule has 1 saturated heterocycles. The molecule has 1 aliphatic rings. The molecular weight excluding hydrogens is 256 g/mol. The standard InChI is InChI=1S/C12H22O7/c1-18-9(14)5-3-2-4-7-10(15)12(17)11(16)8(6-13)19-7/h7-8,10-13,15-17H,2-6H2,1H3. The zero-order chi connectivity index (χ0) is 14.4. The second-order valence-corrected chi connectivity index (χ2v) is 4.69. The highest BCUT2D eigenvalue weighted by Crippen LogP contribution is 2.24. The Labute approximate surface area is 111 Å². The number of hydrogen-bond donors (Lipinski definition) is 4. The van der Waals surface area contributed by atoms with Crippen LogP contribution in [0.5, 0.6) is 0 Å². The number of carbonyl (C=O) groups is 1. The van der Waals surface area contributed by atoms with E-state index in [-0.39, 0.29) is 12.4 Å². The summed E-state index contributed by atoms with van der Waals surface area (Å²) < 4.78 is 9.84. The van der Waals surface area contributed by atoms with Crippen LogP contribution < -0.4 is 0 Å². The summed E-state index contributed by atoms with van der Waals surface area (Å²) >= 11 is 0. The van der Waals surface area contributed by atoms with Crippen LogP contribution in [0.3, 0.4) is 0 Å². The van der Waals surface area contributed by atoms with E-state index in [0.29, 0.717) is 19.3 Å². The Morgan fingerprint density at radius 1 is 1.11 bits per heavy atom. The van der Waals surface area contributed by atoms with E-state index in [9.17, 15) is 20.1 Å². The summed E-state index contributed by atoms with van der Waals surface area (Å²) in [7, 11) is 1.32. The average Bonchev–Trinajstić information content (AvgIpc) is 2.42. The number of methoxy groups -OCH3 is 1. The van der Waals surface area contributed by atoms with Crippen LogP contribution in [-0.4, -0.2) is 70.6 Å². The summed E-state index contributed by atoms with van der Waals surface area (Å²) in [6.45, 7) is -0.427. The molecule has 0 aliphatic carbocycles. The van der Waals surface area contributed by atoms with Crippen LogP contribution >= 0.6 is 0 Å². The fraction of sp³-hybridized carbons (Fsp3) is 0.917. The molecule has 0 saturated carbocycles. The maximum Gasteiger partial charge on any atom is 0.305 e. The molecule has 0 aromatic heterocycles. The monoisotopic (exact) mass is 278 g/mol. The fourth-order valence-electron chi connectivity index (χ4n) is 2.13. The molecule has 1 fully saturated rings. The highest BCUT2D eigenvalue weighted by atomic mass is 16.5. The van der Waals surface area contributed by atoms with Gasteiger partial charge < -0.3 is 29.9 Å². The van der Waals surface area contributed by atoms with Gasteiger partial charge in [0, 0.05) is 6.42 Å². The zero-order valence-corrected chi connectivity index (χ0v) is 10.9. The highest BCUT2D eigenvalue weighted by Gasteiger charge is 2.42. The molecule has 0 aromatic carbocycles. The van der Waals surface area contributed by atoms with Gasteiger partial charge in [0.15, 0.2) is 0 Å². The molecule has 1 aliphatic heterocycles. The summed E-state index contributed by atoms with van der Waals surface area (Å²) in [4.78, 5) is 10.9. The van der Waals surface area contributed by atoms with Gasteiger partial charge in [-0.3, -0.25) is 4.79 Å². The summed E-state index contributed by atoms with van der Waals surface area (Å²) in [5.41, 5.74) is 0. The number of ether oxygens (including phenoxy) is 2. The SMILES string of the molecule is COC(=O)CCCCC1OC(CO)C(O)C(O)C1O. The van der Waals surface area contributed by atoms with E-state index in [2.05, 4.69) is 4.74 Å². The van der Waals surface area contributed by atoms with E-state index in [0.717, 1.165) is 0 Å². The fourth-order valence-corrected chi connectivity index (χ4v) is 2.13. The van der Waals surface area contributed by atoms with E-state index in [1.165, 1.54) is 7.11 Å². The van der Waals surface area contributed by atoms with Gasteiger partial charge in [-0.2, -0.15) is 0 Å². The highest BCUT2D eigenvalue weighted by molar-refractivity contribution is 5.68. The van der Waals surface area contributed by atoms with Crippen molar-refractivity contribution in [3.63, 3.8) is 0 Å². The Bertz CT molecular complexity index is 281. The summed E-state index contributed by atoms with van der Waals surface area (Å²) in [6.07, 6.45) is -3.48. The van der Waals surface area contributed by atoms with Gasteiger partial charge in [-0.1, -0.05) is 6.42 Å². The van der Waals surface area contributed by atoms with Crippen LogP contribution in [0.2, 0.25) is 0 Å². The minimum atomic E-state index is -1.34. The molecule has 5 atom stereocenters. The number of carbonyl (C=O) groups excluding carboxylic acids is 1. The largest absolute Gasteiger partial charge is 0.469 e.